The number of rotatable bonds is 3. The van der Waals surface area contributed by atoms with Gasteiger partial charge in [0, 0.05) is 22.8 Å². The van der Waals surface area contributed by atoms with Gasteiger partial charge in [0.2, 0.25) is 0 Å². The van der Waals surface area contributed by atoms with Crippen LogP contribution in [0.3, 0.4) is 0 Å². The van der Waals surface area contributed by atoms with Crippen LogP contribution in [0.25, 0.3) is 17.0 Å². The molecule has 0 saturated heterocycles. The highest BCUT2D eigenvalue weighted by atomic mass is 16.5. The SMILES string of the molecule is COc1ccc2[nH]c(/C=C3\C(=O)NN=C3c3ccccn3)cc2c1. The van der Waals surface area contributed by atoms with Crippen LogP contribution in [0.4, 0.5) is 0 Å². The van der Waals surface area contributed by atoms with Gasteiger partial charge in [0.1, 0.15) is 11.5 Å². The number of pyridine rings is 1. The molecule has 6 heteroatoms. The minimum absolute atomic E-state index is 0.244. The molecular formula is C18H14N4O2. The summed E-state index contributed by atoms with van der Waals surface area (Å²) in [6.45, 7) is 0. The van der Waals surface area contributed by atoms with Gasteiger partial charge in [0.25, 0.3) is 5.91 Å². The lowest BCUT2D eigenvalue weighted by Gasteiger charge is -1.99. The molecule has 118 valence electrons. The van der Waals surface area contributed by atoms with Gasteiger partial charge in [-0.25, -0.2) is 5.43 Å². The number of nitrogens with zero attached hydrogens (tertiary/aromatic N) is 2. The molecule has 24 heavy (non-hydrogen) atoms. The lowest BCUT2D eigenvalue weighted by Crippen LogP contribution is -2.14. The van der Waals surface area contributed by atoms with Crippen LogP contribution in [-0.2, 0) is 4.79 Å². The first-order valence-corrected chi connectivity index (χ1v) is 7.43. The summed E-state index contributed by atoms with van der Waals surface area (Å²) in [5.74, 6) is 0.543. The minimum Gasteiger partial charge on any atom is -0.497 e. The molecule has 2 aromatic heterocycles. The number of nitrogens with one attached hydrogen (secondary N) is 2. The van der Waals surface area contributed by atoms with Crippen LogP contribution < -0.4 is 10.2 Å². The quantitative estimate of drug-likeness (QED) is 0.728. The van der Waals surface area contributed by atoms with E-state index in [1.54, 1.807) is 19.4 Å². The highest BCUT2D eigenvalue weighted by Crippen LogP contribution is 2.23. The Balaban J connectivity index is 1.76. The van der Waals surface area contributed by atoms with E-state index in [1.165, 1.54) is 0 Å². The summed E-state index contributed by atoms with van der Waals surface area (Å²) in [5.41, 5.74) is 5.95. The zero-order chi connectivity index (χ0) is 16.5. The van der Waals surface area contributed by atoms with Crippen LogP contribution in [0.5, 0.6) is 5.75 Å². The Morgan fingerprint density at radius 3 is 2.88 bits per heavy atom. The molecule has 3 heterocycles. The van der Waals surface area contributed by atoms with Gasteiger partial charge >= 0.3 is 0 Å². The third-order valence-corrected chi connectivity index (χ3v) is 3.83. The monoisotopic (exact) mass is 318 g/mol. The van der Waals surface area contributed by atoms with E-state index in [-0.39, 0.29) is 5.91 Å². The maximum absolute atomic E-state index is 12.1. The summed E-state index contributed by atoms with van der Waals surface area (Å²) in [5, 5.41) is 5.11. The Morgan fingerprint density at radius 1 is 1.17 bits per heavy atom. The van der Waals surface area contributed by atoms with Crippen molar-refractivity contribution in [2.45, 2.75) is 0 Å². The van der Waals surface area contributed by atoms with Gasteiger partial charge in [-0.3, -0.25) is 9.78 Å². The number of carbonyl (C=O) groups excluding carboxylic acids is 1. The van der Waals surface area contributed by atoms with Crippen molar-refractivity contribution in [1.29, 1.82) is 0 Å². The summed E-state index contributed by atoms with van der Waals surface area (Å²) in [7, 11) is 1.63. The van der Waals surface area contributed by atoms with Crippen molar-refractivity contribution in [2.24, 2.45) is 5.10 Å². The predicted molar refractivity (Wildman–Crippen MR) is 91.7 cm³/mol. The topological polar surface area (TPSA) is 79.4 Å². The first-order valence-electron chi connectivity index (χ1n) is 7.43. The molecule has 6 nitrogen and oxygen atoms in total. The molecule has 1 aliphatic rings. The Labute approximate surface area is 137 Å². The molecule has 0 bridgehead atoms. The number of benzene rings is 1. The zero-order valence-corrected chi connectivity index (χ0v) is 12.9. The van der Waals surface area contributed by atoms with Crippen molar-refractivity contribution < 1.29 is 9.53 Å². The zero-order valence-electron chi connectivity index (χ0n) is 12.9. The number of amides is 1. The van der Waals surface area contributed by atoms with E-state index in [1.807, 2.05) is 42.5 Å². The second-order valence-electron chi connectivity index (χ2n) is 5.35. The van der Waals surface area contributed by atoms with Gasteiger partial charge < -0.3 is 9.72 Å². The van der Waals surface area contributed by atoms with Gasteiger partial charge in [-0.1, -0.05) is 6.07 Å². The molecule has 4 rings (SSSR count). The molecule has 0 fully saturated rings. The van der Waals surface area contributed by atoms with Crippen molar-refractivity contribution in [2.75, 3.05) is 7.11 Å². The number of methoxy groups -OCH3 is 1. The molecule has 0 saturated carbocycles. The van der Waals surface area contributed by atoms with Gasteiger partial charge in [-0.05, 0) is 42.5 Å². The molecule has 1 amide bonds. The van der Waals surface area contributed by atoms with E-state index < -0.39 is 0 Å². The molecule has 1 aliphatic heterocycles. The van der Waals surface area contributed by atoms with Crippen LogP contribution in [0.2, 0.25) is 0 Å². The van der Waals surface area contributed by atoms with Crippen LogP contribution in [0, 0.1) is 0 Å². The first kappa shape index (κ1) is 14.2. The maximum Gasteiger partial charge on any atom is 0.273 e. The fourth-order valence-electron chi connectivity index (χ4n) is 2.66. The highest BCUT2D eigenvalue weighted by molar-refractivity contribution is 6.32. The molecule has 0 spiro atoms. The normalized spacial score (nSPS) is 15.6. The molecule has 3 aromatic rings. The molecule has 0 radical (unpaired) electrons. The van der Waals surface area contributed by atoms with E-state index in [2.05, 4.69) is 20.5 Å². The number of aromatic nitrogens is 2. The van der Waals surface area contributed by atoms with Crippen LogP contribution in [-0.4, -0.2) is 28.7 Å². The highest BCUT2D eigenvalue weighted by Gasteiger charge is 2.24. The molecule has 0 atom stereocenters. The van der Waals surface area contributed by atoms with E-state index in [4.69, 9.17) is 4.74 Å². The Kier molecular flexibility index (Phi) is 3.35. The minimum atomic E-state index is -0.244. The largest absolute Gasteiger partial charge is 0.497 e. The molecule has 0 aliphatic carbocycles. The molecule has 2 N–H and O–H groups in total. The maximum atomic E-state index is 12.1. The van der Waals surface area contributed by atoms with E-state index in [9.17, 15) is 4.79 Å². The Morgan fingerprint density at radius 2 is 2.08 bits per heavy atom. The third-order valence-electron chi connectivity index (χ3n) is 3.83. The summed E-state index contributed by atoms with van der Waals surface area (Å²) < 4.78 is 5.24. The van der Waals surface area contributed by atoms with E-state index >= 15 is 0 Å². The third kappa shape index (κ3) is 2.44. The Hall–Kier alpha value is -3.41. The van der Waals surface area contributed by atoms with Crippen LogP contribution >= 0.6 is 0 Å². The number of carbonyl (C=O) groups is 1. The molecule has 1 aromatic carbocycles. The van der Waals surface area contributed by atoms with Crippen molar-refractivity contribution in [1.82, 2.24) is 15.4 Å². The molecule has 0 unspecified atom stereocenters. The summed E-state index contributed by atoms with van der Waals surface area (Å²) >= 11 is 0. The number of fused-ring (bicyclic) bond motifs is 1. The second kappa shape index (κ2) is 5.66. The van der Waals surface area contributed by atoms with Gasteiger partial charge in [-0.15, -0.1) is 0 Å². The average Bonchev–Trinajstić information content (AvgIpc) is 3.18. The summed E-state index contributed by atoms with van der Waals surface area (Å²) in [4.78, 5) is 19.7. The first-order chi connectivity index (χ1) is 11.7. The predicted octanol–water partition coefficient (Wildman–Crippen LogP) is 2.49. The second-order valence-corrected chi connectivity index (χ2v) is 5.35. The van der Waals surface area contributed by atoms with Crippen molar-refractivity contribution >= 4 is 28.6 Å². The van der Waals surface area contributed by atoms with Crippen LogP contribution in [0.1, 0.15) is 11.4 Å². The van der Waals surface area contributed by atoms with Gasteiger partial charge in [0.15, 0.2) is 0 Å². The number of aromatic amines is 1. The summed E-state index contributed by atoms with van der Waals surface area (Å²) in [6.07, 6.45) is 3.45. The van der Waals surface area contributed by atoms with Gasteiger partial charge in [-0.2, -0.15) is 5.10 Å². The van der Waals surface area contributed by atoms with Crippen LogP contribution in [0.15, 0.2) is 59.3 Å². The number of hydrogen-bond acceptors (Lipinski definition) is 4. The standard InChI is InChI=1S/C18H14N4O2/c1-24-13-5-6-15-11(9-13)8-12(20-15)10-14-17(21-22-18(14)23)16-4-2-3-7-19-16/h2-10,20H,1H3,(H,22,23)/b14-10-. The fourth-order valence-corrected chi connectivity index (χ4v) is 2.66. The smallest absolute Gasteiger partial charge is 0.273 e. The van der Waals surface area contributed by atoms with E-state index in [0.717, 1.165) is 22.3 Å². The summed E-state index contributed by atoms with van der Waals surface area (Å²) in [6, 6.07) is 13.2. The average molecular weight is 318 g/mol. The van der Waals surface area contributed by atoms with Gasteiger partial charge in [0.05, 0.1) is 18.4 Å². The fraction of sp³-hybridized carbons (Fsp3) is 0.0556. The van der Waals surface area contributed by atoms with Crippen molar-refractivity contribution in [3.8, 4) is 5.75 Å². The van der Waals surface area contributed by atoms with E-state index in [0.29, 0.717) is 17.0 Å². The lowest BCUT2D eigenvalue weighted by molar-refractivity contribution is -0.116. The number of ether oxygens (including phenoxy) is 1. The lowest BCUT2D eigenvalue weighted by atomic mass is 10.1. The Bertz CT molecular complexity index is 987. The number of hydrogen-bond donors (Lipinski definition) is 2. The van der Waals surface area contributed by atoms with Crippen molar-refractivity contribution in [3.63, 3.8) is 0 Å². The van der Waals surface area contributed by atoms with Crippen molar-refractivity contribution in [3.05, 3.63) is 65.6 Å². The molecular weight excluding hydrogens is 304 g/mol. The number of hydrazone groups is 1. The number of H-pyrrole nitrogens is 1.